The lowest BCUT2D eigenvalue weighted by atomic mass is 9.81. The molecule has 1 fully saturated rings. The van der Waals surface area contributed by atoms with Crippen LogP contribution in [-0.4, -0.2) is 24.2 Å². The second-order valence-corrected chi connectivity index (χ2v) is 7.02. The van der Waals surface area contributed by atoms with Crippen LogP contribution in [0, 0.1) is 0 Å². The highest BCUT2D eigenvalue weighted by Gasteiger charge is 2.25. The van der Waals surface area contributed by atoms with E-state index in [1.807, 2.05) is 13.8 Å². The molecule has 0 aliphatic carbocycles. The minimum absolute atomic E-state index is 0.141. The van der Waals surface area contributed by atoms with Gasteiger partial charge in [0.15, 0.2) is 0 Å². The first kappa shape index (κ1) is 15.4. The molecule has 2 rings (SSSR count). The van der Waals surface area contributed by atoms with Crippen molar-refractivity contribution in [1.29, 1.82) is 0 Å². The van der Waals surface area contributed by atoms with E-state index in [1.54, 1.807) is 0 Å². The Morgan fingerprint density at radius 2 is 1.95 bits per heavy atom. The van der Waals surface area contributed by atoms with Crippen LogP contribution in [0.4, 0.5) is 5.69 Å². The molecule has 0 bridgehead atoms. The summed E-state index contributed by atoms with van der Waals surface area (Å²) in [6.07, 6.45) is 3.96. The Morgan fingerprint density at radius 3 is 2.50 bits per heavy atom. The zero-order chi connectivity index (χ0) is 14.8. The molecule has 1 saturated heterocycles. The average Bonchev–Trinajstić information content (AvgIpc) is 2.38. The highest BCUT2D eigenvalue weighted by molar-refractivity contribution is 9.10. The number of halogens is 1. The Morgan fingerprint density at radius 1 is 1.30 bits per heavy atom. The third-order valence-electron chi connectivity index (χ3n) is 4.02. The molecule has 0 atom stereocenters. The normalized spacial score (nSPS) is 16.2. The van der Waals surface area contributed by atoms with Crippen molar-refractivity contribution in [1.82, 2.24) is 0 Å². The first-order chi connectivity index (χ1) is 9.40. The van der Waals surface area contributed by atoms with Crippen LogP contribution in [0.15, 0.2) is 22.7 Å². The first-order valence-electron chi connectivity index (χ1n) is 7.17. The number of anilines is 1. The van der Waals surface area contributed by atoms with Crippen molar-refractivity contribution in [2.24, 2.45) is 0 Å². The van der Waals surface area contributed by atoms with Gasteiger partial charge in [0, 0.05) is 23.0 Å². The molecule has 0 saturated carbocycles. The minimum atomic E-state index is -0.758. The number of benzene rings is 1. The predicted octanol–water partition coefficient (Wildman–Crippen LogP) is 4.19. The van der Waals surface area contributed by atoms with Gasteiger partial charge in [0.05, 0.1) is 12.1 Å². The third-order valence-corrected chi connectivity index (χ3v) is 4.65. The van der Waals surface area contributed by atoms with Crippen LogP contribution in [0.25, 0.3) is 0 Å². The van der Waals surface area contributed by atoms with Gasteiger partial charge in [-0.25, -0.2) is 0 Å². The molecule has 0 amide bonds. The average molecular weight is 340 g/mol. The lowest BCUT2D eigenvalue weighted by molar-refractivity contribution is -0.138. The fourth-order valence-corrected chi connectivity index (χ4v) is 3.43. The summed E-state index contributed by atoms with van der Waals surface area (Å²) in [5, 5.41) is 9.02. The number of hydrogen-bond acceptors (Lipinski definition) is 2. The molecule has 0 spiro atoms. The van der Waals surface area contributed by atoms with Crippen molar-refractivity contribution < 1.29 is 9.90 Å². The lowest BCUT2D eigenvalue weighted by Crippen LogP contribution is -2.30. The maximum atomic E-state index is 11.0. The van der Waals surface area contributed by atoms with Crippen molar-refractivity contribution in [3.05, 3.63) is 28.2 Å². The maximum Gasteiger partial charge on any atom is 0.304 e. The van der Waals surface area contributed by atoms with Gasteiger partial charge in [0.1, 0.15) is 0 Å². The van der Waals surface area contributed by atoms with E-state index in [4.69, 9.17) is 5.11 Å². The zero-order valence-corrected chi connectivity index (χ0v) is 13.7. The molecular formula is C16H22BrNO2. The summed E-state index contributed by atoms with van der Waals surface area (Å²) in [6.45, 7) is 6.17. The molecule has 1 aliphatic rings. The van der Waals surface area contributed by atoms with E-state index in [2.05, 4.69) is 39.0 Å². The van der Waals surface area contributed by atoms with Crippen LogP contribution in [0.1, 0.15) is 45.1 Å². The second kappa shape index (κ2) is 6.17. The quantitative estimate of drug-likeness (QED) is 0.893. The van der Waals surface area contributed by atoms with Crippen molar-refractivity contribution in [2.75, 3.05) is 18.0 Å². The van der Waals surface area contributed by atoms with Crippen LogP contribution in [-0.2, 0) is 10.2 Å². The van der Waals surface area contributed by atoms with Gasteiger partial charge >= 0.3 is 5.97 Å². The van der Waals surface area contributed by atoms with E-state index in [-0.39, 0.29) is 11.8 Å². The minimum Gasteiger partial charge on any atom is -0.481 e. The van der Waals surface area contributed by atoms with Crippen LogP contribution in [0.2, 0.25) is 0 Å². The van der Waals surface area contributed by atoms with Crippen molar-refractivity contribution in [2.45, 2.75) is 44.9 Å². The van der Waals surface area contributed by atoms with Gasteiger partial charge in [0.2, 0.25) is 0 Å². The zero-order valence-electron chi connectivity index (χ0n) is 12.2. The Balaban J connectivity index is 2.22. The summed E-state index contributed by atoms with van der Waals surface area (Å²) >= 11 is 3.65. The largest absolute Gasteiger partial charge is 0.481 e. The van der Waals surface area contributed by atoms with Gasteiger partial charge in [0.25, 0.3) is 0 Å². The molecule has 3 nitrogen and oxygen atoms in total. The molecule has 110 valence electrons. The van der Waals surface area contributed by atoms with E-state index < -0.39 is 5.97 Å². The first-order valence-corrected chi connectivity index (χ1v) is 7.96. The summed E-state index contributed by atoms with van der Waals surface area (Å²) in [5.41, 5.74) is 1.93. The van der Waals surface area contributed by atoms with Gasteiger partial charge < -0.3 is 10.0 Å². The van der Waals surface area contributed by atoms with Gasteiger partial charge in [-0.2, -0.15) is 0 Å². The van der Waals surface area contributed by atoms with E-state index in [1.165, 1.54) is 24.9 Å². The fourth-order valence-electron chi connectivity index (χ4n) is 2.80. The highest BCUT2D eigenvalue weighted by atomic mass is 79.9. The van der Waals surface area contributed by atoms with Gasteiger partial charge in [-0.15, -0.1) is 0 Å². The van der Waals surface area contributed by atoms with E-state index >= 15 is 0 Å². The maximum absolute atomic E-state index is 11.0. The van der Waals surface area contributed by atoms with Gasteiger partial charge in [-0.1, -0.05) is 19.9 Å². The Kier molecular flexibility index (Phi) is 4.74. The standard InChI is InChI=1S/C16H22BrNO2/c1-16(2,11-15(19)20)12-6-7-14(13(17)10-12)18-8-4-3-5-9-18/h6-7,10H,3-5,8-9,11H2,1-2H3,(H,19,20). The lowest BCUT2D eigenvalue weighted by Gasteiger charge is -2.31. The SMILES string of the molecule is CC(C)(CC(=O)O)c1ccc(N2CCCCC2)c(Br)c1. The molecular weight excluding hydrogens is 318 g/mol. The van der Waals surface area contributed by atoms with Crippen LogP contribution < -0.4 is 4.90 Å². The summed E-state index contributed by atoms with van der Waals surface area (Å²) < 4.78 is 1.07. The second-order valence-electron chi connectivity index (χ2n) is 6.17. The number of carboxylic acids is 1. The number of nitrogens with zero attached hydrogens (tertiary/aromatic N) is 1. The third kappa shape index (κ3) is 3.54. The van der Waals surface area contributed by atoms with Gasteiger partial charge in [-0.05, 0) is 52.9 Å². The van der Waals surface area contributed by atoms with Crippen LogP contribution >= 0.6 is 15.9 Å². The molecule has 0 unspecified atom stereocenters. The van der Waals surface area contributed by atoms with Crippen LogP contribution in [0.5, 0.6) is 0 Å². The number of piperidine rings is 1. The summed E-state index contributed by atoms with van der Waals surface area (Å²) in [5.74, 6) is -0.758. The van der Waals surface area contributed by atoms with Crippen LogP contribution in [0.3, 0.4) is 0 Å². The van der Waals surface area contributed by atoms with Crippen molar-refractivity contribution in [3.8, 4) is 0 Å². The van der Waals surface area contributed by atoms with E-state index in [9.17, 15) is 4.79 Å². The molecule has 1 aliphatic heterocycles. The molecule has 1 aromatic carbocycles. The Bertz CT molecular complexity index is 493. The van der Waals surface area contributed by atoms with Crippen molar-refractivity contribution >= 4 is 27.6 Å². The van der Waals surface area contributed by atoms with E-state index in [0.29, 0.717) is 0 Å². The summed E-state index contributed by atoms with van der Waals surface area (Å²) in [4.78, 5) is 13.4. The molecule has 1 N–H and O–H groups in total. The number of carboxylic acid groups (broad SMARTS) is 1. The molecule has 20 heavy (non-hydrogen) atoms. The topological polar surface area (TPSA) is 40.5 Å². The number of carbonyl (C=O) groups is 1. The number of aliphatic carboxylic acids is 1. The van der Waals surface area contributed by atoms with Crippen molar-refractivity contribution in [3.63, 3.8) is 0 Å². The summed E-state index contributed by atoms with van der Waals surface area (Å²) in [6, 6.07) is 6.26. The molecule has 0 aromatic heterocycles. The Hall–Kier alpha value is -1.03. The fraction of sp³-hybridized carbons (Fsp3) is 0.562. The molecule has 4 heteroatoms. The highest BCUT2D eigenvalue weighted by Crippen LogP contribution is 2.35. The van der Waals surface area contributed by atoms with Gasteiger partial charge in [-0.3, -0.25) is 4.79 Å². The predicted molar refractivity (Wildman–Crippen MR) is 85.5 cm³/mol. The molecule has 1 heterocycles. The summed E-state index contributed by atoms with van der Waals surface area (Å²) in [7, 11) is 0. The number of rotatable bonds is 4. The monoisotopic (exact) mass is 339 g/mol. The number of hydrogen-bond donors (Lipinski definition) is 1. The molecule has 1 aromatic rings. The smallest absolute Gasteiger partial charge is 0.304 e. The van der Waals surface area contributed by atoms with E-state index in [0.717, 1.165) is 23.1 Å². The molecule has 0 radical (unpaired) electrons. The Labute approximate surface area is 129 Å².